The lowest BCUT2D eigenvalue weighted by atomic mass is 10.1. The van der Waals surface area contributed by atoms with E-state index in [0.29, 0.717) is 12.2 Å². The summed E-state index contributed by atoms with van der Waals surface area (Å²) in [7, 11) is 3.29. The number of anilines is 1. The molecule has 1 heterocycles. The first-order valence-corrected chi connectivity index (χ1v) is 9.42. The molecular formula is C23H25N3O3. The van der Waals surface area contributed by atoms with E-state index >= 15 is 0 Å². The summed E-state index contributed by atoms with van der Waals surface area (Å²) in [6.45, 7) is 1.17. The fourth-order valence-corrected chi connectivity index (χ4v) is 2.86. The Kier molecular flexibility index (Phi) is 7.05. The molecule has 1 aromatic heterocycles. The number of methoxy groups -OCH3 is 2. The Labute approximate surface area is 170 Å². The lowest BCUT2D eigenvalue weighted by Crippen LogP contribution is -2.23. The number of rotatable bonds is 9. The number of benzene rings is 2. The average molecular weight is 391 g/mol. The number of ether oxygens (including phenoxy) is 2. The third kappa shape index (κ3) is 5.97. The van der Waals surface area contributed by atoms with Gasteiger partial charge in [-0.15, -0.1) is 0 Å². The zero-order valence-corrected chi connectivity index (χ0v) is 16.6. The molecule has 2 aromatic carbocycles. The number of hydrogen-bond acceptors (Lipinski definition) is 5. The molecule has 0 aliphatic carbocycles. The maximum atomic E-state index is 12.4. The van der Waals surface area contributed by atoms with Crippen molar-refractivity contribution in [3.8, 4) is 11.5 Å². The van der Waals surface area contributed by atoms with Gasteiger partial charge in [-0.1, -0.05) is 24.3 Å². The lowest BCUT2D eigenvalue weighted by molar-refractivity contribution is 0.0946. The number of aromatic nitrogens is 1. The highest BCUT2D eigenvalue weighted by atomic mass is 16.5. The first kappa shape index (κ1) is 20.2. The molecule has 0 bridgehead atoms. The van der Waals surface area contributed by atoms with Crippen LogP contribution in [0, 0.1) is 0 Å². The Morgan fingerprint density at radius 1 is 0.931 bits per heavy atom. The summed E-state index contributed by atoms with van der Waals surface area (Å²) in [6, 6.07) is 19.2. The number of amides is 1. The molecule has 0 aliphatic heterocycles. The van der Waals surface area contributed by atoms with Crippen molar-refractivity contribution in [3.63, 3.8) is 0 Å². The molecule has 150 valence electrons. The number of hydrogen-bond donors (Lipinski definition) is 2. The Balaban J connectivity index is 1.51. The number of carbonyl (C=O) groups excluding carboxylic acids is 1. The van der Waals surface area contributed by atoms with E-state index in [2.05, 4.69) is 21.7 Å². The van der Waals surface area contributed by atoms with Crippen LogP contribution < -0.4 is 20.1 Å². The summed E-state index contributed by atoms with van der Waals surface area (Å²) in [5.41, 5.74) is 3.41. The van der Waals surface area contributed by atoms with Crippen LogP contribution >= 0.6 is 0 Å². The molecular weight excluding hydrogens is 366 g/mol. The highest BCUT2D eigenvalue weighted by molar-refractivity contribution is 5.93. The summed E-state index contributed by atoms with van der Waals surface area (Å²) >= 11 is 0. The van der Waals surface area contributed by atoms with Gasteiger partial charge in [0.05, 0.1) is 14.2 Å². The topological polar surface area (TPSA) is 72.5 Å². The van der Waals surface area contributed by atoms with E-state index in [0.717, 1.165) is 35.7 Å². The van der Waals surface area contributed by atoms with Crippen molar-refractivity contribution in [1.29, 1.82) is 0 Å². The number of carbonyl (C=O) groups is 1. The highest BCUT2D eigenvalue weighted by Crippen LogP contribution is 2.14. The highest BCUT2D eigenvalue weighted by Gasteiger charge is 2.08. The predicted octanol–water partition coefficient (Wildman–Crippen LogP) is 3.68. The van der Waals surface area contributed by atoms with Gasteiger partial charge in [0.15, 0.2) is 0 Å². The van der Waals surface area contributed by atoms with E-state index in [-0.39, 0.29) is 5.91 Å². The van der Waals surface area contributed by atoms with Crippen molar-refractivity contribution < 1.29 is 14.3 Å². The quantitative estimate of drug-likeness (QED) is 0.582. The van der Waals surface area contributed by atoms with Crippen LogP contribution in [0.2, 0.25) is 0 Å². The smallest absolute Gasteiger partial charge is 0.270 e. The van der Waals surface area contributed by atoms with Crippen LogP contribution in [0.15, 0.2) is 66.9 Å². The van der Waals surface area contributed by atoms with Gasteiger partial charge in [-0.2, -0.15) is 0 Å². The van der Waals surface area contributed by atoms with Gasteiger partial charge >= 0.3 is 0 Å². The van der Waals surface area contributed by atoms with E-state index in [1.165, 1.54) is 5.56 Å². The van der Waals surface area contributed by atoms with Crippen LogP contribution in [0.1, 0.15) is 21.6 Å². The van der Waals surface area contributed by atoms with E-state index in [4.69, 9.17) is 9.47 Å². The molecule has 1 amide bonds. The fourth-order valence-electron chi connectivity index (χ4n) is 2.86. The number of pyridine rings is 1. The van der Waals surface area contributed by atoms with E-state index < -0.39 is 0 Å². The minimum Gasteiger partial charge on any atom is -0.497 e. The minimum absolute atomic E-state index is 0.211. The molecule has 0 saturated heterocycles. The monoisotopic (exact) mass is 391 g/mol. The largest absolute Gasteiger partial charge is 0.497 e. The molecule has 0 aliphatic rings. The number of nitrogens with one attached hydrogen (secondary N) is 2. The minimum atomic E-state index is -0.211. The van der Waals surface area contributed by atoms with Gasteiger partial charge in [-0.3, -0.25) is 9.78 Å². The molecule has 0 radical (unpaired) electrons. The Bertz CT molecular complexity index is 942. The maximum Gasteiger partial charge on any atom is 0.270 e. The van der Waals surface area contributed by atoms with Gasteiger partial charge in [0.1, 0.15) is 17.2 Å². The first-order chi connectivity index (χ1) is 14.2. The van der Waals surface area contributed by atoms with Gasteiger partial charge < -0.3 is 20.1 Å². The van der Waals surface area contributed by atoms with Crippen molar-refractivity contribution in [1.82, 2.24) is 10.3 Å². The molecule has 0 saturated carbocycles. The third-order valence-corrected chi connectivity index (χ3v) is 4.48. The van der Waals surface area contributed by atoms with Crippen molar-refractivity contribution in [3.05, 3.63) is 83.7 Å². The molecule has 0 unspecified atom stereocenters. The van der Waals surface area contributed by atoms with Crippen LogP contribution in [-0.2, 0) is 13.0 Å². The second kappa shape index (κ2) is 10.1. The summed E-state index contributed by atoms with van der Waals surface area (Å²) in [4.78, 5) is 16.6. The second-order valence-corrected chi connectivity index (χ2v) is 6.49. The fraction of sp³-hybridized carbons (Fsp3) is 0.217. The van der Waals surface area contributed by atoms with Crippen LogP contribution in [0.3, 0.4) is 0 Å². The zero-order chi connectivity index (χ0) is 20.5. The van der Waals surface area contributed by atoms with E-state index in [9.17, 15) is 4.79 Å². The molecule has 3 aromatic rings. The normalized spacial score (nSPS) is 10.3. The van der Waals surface area contributed by atoms with E-state index in [1.54, 1.807) is 26.5 Å². The van der Waals surface area contributed by atoms with Crippen molar-refractivity contribution in [2.45, 2.75) is 13.0 Å². The second-order valence-electron chi connectivity index (χ2n) is 6.49. The SMILES string of the molecule is COc1ccc(CNC(=O)c2cc(NCCc3cccc(OC)c3)ccn2)cc1. The lowest BCUT2D eigenvalue weighted by Gasteiger charge is -2.09. The molecule has 3 rings (SSSR count). The van der Waals surface area contributed by atoms with Crippen molar-refractivity contribution in [2.75, 3.05) is 26.1 Å². The summed E-state index contributed by atoms with van der Waals surface area (Å²) in [5.74, 6) is 1.42. The maximum absolute atomic E-state index is 12.4. The van der Waals surface area contributed by atoms with Gasteiger partial charge in [0.2, 0.25) is 0 Å². The Morgan fingerprint density at radius 2 is 1.72 bits per heavy atom. The van der Waals surface area contributed by atoms with Crippen molar-refractivity contribution >= 4 is 11.6 Å². The van der Waals surface area contributed by atoms with Crippen LogP contribution in [-0.4, -0.2) is 31.7 Å². The number of nitrogens with zero attached hydrogens (tertiary/aromatic N) is 1. The Morgan fingerprint density at radius 3 is 2.48 bits per heavy atom. The molecule has 0 fully saturated rings. The van der Waals surface area contributed by atoms with Gasteiger partial charge in [0, 0.05) is 25.0 Å². The molecule has 0 atom stereocenters. The summed E-state index contributed by atoms with van der Waals surface area (Å²) < 4.78 is 10.4. The molecule has 0 spiro atoms. The molecule has 29 heavy (non-hydrogen) atoms. The third-order valence-electron chi connectivity index (χ3n) is 4.48. The van der Waals surface area contributed by atoms with Gasteiger partial charge in [0.25, 0.3) is 5.91 Å². The predicted molar refractivity (Wildman–Crippen MR) is 114 cm³/mol. The van der Waals surface area contributed by atoms with Crippen LogP contribution in [0.5, 0.6) is 11.5 Å². The summed E-state index contributed by atoms with van der Waals surface area (Å²) in [5, 5.41) is 6.23. The Hall–Kier alpha value is -3.54. The first-order valence-electron chi connectivity index (χ1n) is 9.42. The molecule has 6 nitrogen and oxygen atoms in total. The van der Waals surface area contributed by atoms with E-state index in [1.807, 2.05) is 48.5 Å². The van der Waals surface area contributed by atoms with Crippen LogP contribution in [0.4, 0.5) is 5.69 Å². The van der Waals surface area contributed by atoms with Gasteiger partial charge in [-0.25, -0.2) is 0 Å². The van der Waals surface area contributed by atoms with Gasteiger partial charge in [-0.05, 0) is 53.9 Å². The molecule has 2 N–H and O–H groups in total. The molecule has 6 heteroatoms. The zero-order valence-electron chi connectivity index (χ0n) is 16.6. The van der Waals surface area contributed by atoms with Crippen LogP contribution in [0.25, 0.3) is 0 Å². The standard InChI is InChI=1S/C23H25N3O3/c1-28-20-8-6-18(7-9-20)16-26-23(27)22-15-19(11-13-25-22)24-12-10-17-4-3-5-21(14-17)29-2/h3-9,11,13-15H,10,12,16H2,1-2H3,(H,24,25)(H,26,27). The average Bonchev–Trinajstić information content (AvgIpc) is 2.78. The van der Waals surface area contributed by atoms with Crippen molar-refractivity contribution in [2.24, 2.45) is 0 Å². The summed E-state index contributed by atoms with van der Waals surface area (Å²) in [6.07, 6.45) is 2.48.